The van der Waals surface area contributed by atoms with Crippen LogP contribution < -0.4 is 10.7 Å². The molecule has 0 atom stereocenters. The highest BCUT2D eigenvalue weighted by atomic mass is 16.2. The Hall–Kier alpha value is -2.36. The fraction of sp³-hybridized carbons (Fsp3) is 0.200. The highest BCUT2D eigenvalue weighted by molar-refractivity contribution is 6.04. The lowest BCUT2D eigenvalue weighted by Gasteiger charge is -2.12. The van der Waals surface area contributed by atoms with Gasteiger partial charge in [-0.1, -0.05) is 17.7 Å². The minimum atomic E-state index is -0.392. The number of H-pyrrole nitrogens is 1. The van der Waals surface area contributed by atoms with E-state index in [1.807, 2.05) is 32.9 Å². The minimum Gasteiger partial charge on any atom is -0.367 e. The molecule has 4 heteroatoms. The van der Waals surface area contributed by atoms with E-state index in [2.05, 4.69) is 10.3 Å². The molecule has 0 saturated heterocycles. The number of anilines is 1. The van der Waals surface area contributed by atoms with Crippen molar-refractivity contribution in [3.8, 4) is 0 Å². The van der Waals surface area contributed by atoms with Gasteiger partial charge in [-0.05, 0) is 31.9 Å². The van der Waals surface area contributed by atoms with Gasteiger partial charge in [0.15, 0.2) is 5.43 Å². The van der Waals surface area contributed by atoms with Crippen molar-refractivity contribution in [3.05, 3.63) is 63.1 Å². The van der Waals surface area contributed by atoms with E-state index in [0.717, 1.165) is 22.4 Å². The molecule has 0 saturated carbocycles. The van der Waals surface area contributed by atoms with Gasteiger partial charge in [0.05, 0.1) is 0 Å². The zero-order valence-electron chi connectivity index (χ0n) is 11.2. The van der Waals surface area contributed by atoms with E-state index in [1.165, 1.54) is 18.5 Å². The third-order valence-corrected chi connectivity index (χ3v) is 2.98. The summed E-state index contributed by atoms with van der Waals surface area (Å²) < 4.78 is 0. The molecule has 4 nitrogen and oxygen atoms in total. The van der Waals surface area contributed by atoms with Crippen LogP contribution in [-0.4, -0.2) is 10.9 Å². The molecule has 1 heterocycles. The molecule has 1 amide bonds. The summed E-state index contributed by atoms with van der Waals surface area (Å²) in [6, 6.07) is 5.33. The molecule has 2 rings (SSSR count). The van der Waals surface area contributed by atoms with Crippen molar-refractivity contribution in [1.29, 1.82) is 0 Å². The summed E-state index contributed by atoms with van der Waals surface area (Å²) in [7, 11) is 0. The van der Waals surface area contributed by atoms with Crippen molar-refractivity contribution in [2.45, 2.75) is 20.8 Å². The first-order valence-corrected chi connectivity index (χ1v) is 6.05. The second-order valence-electron chi connectivity index (χ2n) is 4.65. The highest BCUT2D eigenvalue weighted by Gasteiger charge is 2.12. The molecule has 0 radical (unpaired) electrons. The van der Waals surface area contributed by atoms with E-state index in [9.17, 15) is 9.59 Å². The molecular weight excluding hydrogens is 240 g/mol. The maximum absolute atomic E-state index is 12.1. The van der Waals surface area contributed by atoms with Gasteiger partial charge in [-0.25, -0.2) is 0 Å². The summed E-state index contributed by atoms with van der Waals surface area (Å²) >= 11 is 0. The molecule has 0 bridgehead atoms. The predicted molar refractivity (Wildman–Crippen MR) is 75.7 cm³/mol. The molecule has 0 spiro atoms. The van der Waals surface area contributed by atoms with Crippen LogP contribution in [0.4, 0.5) is 5.69 Å². The average Bonchev–Trinajstić information content (AvgIpc) is 2.34. The Bertz CT molecular complexity index is 664. The van der Waals surface area contributed by atoms with Gasteiger partial charge in [0.25, 0.3) is 5.91 Å². The van der Waals surface area contributed by atoms with Crippen molar-refractivity contribution < 1.29 is 4.79 Å². The second kappa shape index (κ2) is 5.10. The van der Waals surface area contributed by atoms with Crippen LogP contribution in [-0.2, 0) is 0 Å². The highest BCUT2D eigenvalue weighted by Crippen LogP contribution is 2.22. The minimum absolute atomic E-state index is 0.113. The number of amides is 1. The Kier molecular flexibility index (Phi) is 3.51. The lowest BCUT2D eigenvalue weighted by Crippen LogP contribution is -2.21. The van der Waals surface area contributed by atoms with E-state index >= 15 is 0 Å². The number of hydrogen-bond acceptors (Lipinski definition) is 2. The smallest absolute Gasteiger partial charge is 0.261 e. The van der Waals surface area contributed by atoms with Crippen LogP contribution >= 0.6 is 0 Å². The third-order valence-electron chi connectivity index (χ3n) is 2.98. The van der Waals surface area contributed by atoms with Gasteiger partial charge in [0.2, 0.25) is 0 Å². The fourth-order valence-electron chi connectivity index (χ4n) is 2.15. The lowest BCUT2D eigenvalue weighted by atomic mass is 10.0. The molecule has 0 aliphatic carbocycles. The van der Waals surface area contributed by atoms with Crippen LogP contribution in [0.5, 0.6) is 0 Å². The first-order valence-electron chi connectivity index (χ1n) is 6.05. The van der Waals surface area contributed by atoms with Gasteiger partial charge in [-0.2, -0.15) is 0 Å². The molecule has 0 aliphatic rings. The molecule has 1 aromatic heterocycles. The Morgan fingerprint density at radius 2 is 1.79 bits per heavy atom. The number of hydrogen-bond donors (Lipinski definition) is 2. The topological polar surface area (TPSA) is 62.0 Å². The fourth-order valence-corrected chi connectivity index (χ4v) is 2.15. The molecule has 0 aliphatic heterocycles. The zero-order valence-corrected chi connectivity index (χ0v) is 11.2. The SMILES string of the molecule is Cc1cc(C)c(NC(=O)c2c[nH]ccc2=O)c(C)c1. The van der Waals surface area contributed by atoms with Gasteiger partial charge in [-0.3, -0.25) is 9.59 Å². The van der Waals surface area contributed by atoms with Crippen LogP contribution in [0.1, 0.15) is 27.0 Å². The summed E-state index contributed by atoms with van der Waals surface area (Å²) in [4.78, 5) is 26.4. The second-order valence-corrected chi connectivity index (χ2v) is 4.65. The number of aromatic nitrogens is 1. The summed E-state index contributed by atoms with van der Waals surface area (Å²) in [6.45, 7) is 5.88. The summed E-state index contributed by atoms with van der Waals surface area (Å²) in [5, 5.41) is 2.80. The number of aromatic amines is 1. The van der Waals surface area contributed by atoms with Crippen LogP contribution in [0.15, 0.2) is 35.4 Å². The summed E-state index contributed by atoms with van der Waals surface area (Å²) in [6.07, 6.45) is 2.91. The Morgan fingerprint density at radius 3 is 2.37 bits per heavy atom. The Morgan fingerprint density at radius 1 is 1.16 bits per heavy atom. The van der Waals surface area contributed by atoms with Crippen LogP contribution in [0.2, 0.25) is 0 Å². The monoisotopic (exact) mass is 256 g/mol. The number of aryl methyl sites for hydroxylation is 3. The largest absolute Gasteiger partial charge is 0.367 e. The molecule has 1 aromatic carbocycles. The molecule has 2 aromatic rings. The standard InChI is InChI=1S/C15H16N2O2/c1-9-6-10(2)14(11(3)7-9)17-15(19)12-8-16-5-4-13(12)18/h4-8H,1-3H3,(H,16,18)(H,17,19). The van der Waals surface area contributed by atoms with E-state index in [0.29, 0.717) is 0 Å². The number of pyridine rings is 1. The normalized spacial score (nSPS) is 10.3. The Labute approximate surface area is 111 Å². The van der Waals surface area contributed by atoms with Gasteiger partial charge in [-0.15, -0.1) is 0 Å². The maximum atomic E-state index is 12.1. The molecule has 98 valence electrons. The number of rotatable bonds is 2. The van der Waals surface area contributed by atoms with Crippen molar-refractivity contribution >= 4 is 11.6 Å². The molecule has 19 heavy (non-hydrogen) atoms. The molecular formula is C15H16N2O2. The van der Waals surface area contributed by atoms with Gasteiger partial charge in [0, 0.05) is 24.1 Å². The van der Waals surface area contributed by atoms with Crippen molar-refractivity contribution in [2.75, 3.05) is 5.32 Å². The lowest BCUT2D eigenvalue weighted by molar-refractivity contribution is 0.102. The van der Waals surface area contributed by atoms with E-state index in [-0.39, 0.29) is 11.0 Å². The summed E-state index contributed by atoms with van der Waals surface area (Å²) in [5.74, 6) is -0.392. The average molecular weight is 256 g/mol. The van der Waals surface area contributed by atoms with E-state index in [1.54, 1.807) is 0 Å². The van der Waals surface area contributed by atoms with Gasteiger partial charge >= 0.3 is 0 Å². The predicted octanol–water partition coefficient (Wildman–Crippen LogP) is 2.55. The van der Waals surface area contributed by atoms with Gasteiger partial charge in [0.1, 0.15) is 5.56 Å². The first kappa shape index (κ1) is 13.1. The summed E-state index contributed by atoms with van der Waals surface area (Å²) in [5.41, 5.74) is 3.70. The Balaban J connectivity index is 2.35. The van der Waals surface area contributed by atoms with E-state index < -0.39 is 5.91 Å². The zero-order chi connectivity index (χ0) is 14.0. The first-order chi connectivity index (χ1) is 8.99. The quantitative estimate of drug-likeness (QED) is 0.867. The number of nitrogens with one attached hydrogen (secondary N) is 2. The number of benzene rings is 1. The van der Waals surface area contributed by atoms with Crippen LogP contribution in [0.3, 0.4) is 0 Å². The van der Waals surface area contributed by atoms with Crippen LogP contribution in [0, 0.1) is 20.8 Å². The third kappa shape index (κ3) is 2.73. The van der Waals surface area contributed by atoms with Crippen molar-refractivity contribution in [3.63, 3.8) is 0 Å². The van der Waals surface area contributed by atoms with E-state index in [4.69, 9.17) is 0 Å². The van der Waals surface area contributed by atoms with Crippen molar-refractivity contribution in [2.24, 2.45) is 0 Å². The van der Waals surface area contributed by atoms with Gasteiger partial charge < -0.3 is 10.3 Å². The molecule has 0 unspecified atom stereocenters. The van der Waals surface area contributed by atoms with Crippen LogP contribution in [0.25, 0.3) is 0 Å². The number of carbonyl (C=O) groups is 1. The molecule has 0 fully saturated rings. The van der Waals surface area contributed by atoms with Crippen molar-refractivity contribution in [1.82, 2.24) is 4.98 Å². The maximum Gasteiger partial charge on any atom is 0.261 e. The number of carbonyl (C=O) groups excluding carboxylic acids is 1. The molecule has 2 N–H and O–H groups in total.